The number of benzene rings is 1. The van der Waals surface area contributed by atoms with Crippen molar-refractivity contribution in [2.45, 2.75) is 31.8 Å². The van der Waals surface area contributed by atoms with Crippen LogP contribution in [0.3, 0.4) is 0 Å². The van der Waals surface area contributed by atoms with E-state index < -0.39 is 0 Å². The Morgan fingerprint density at radius 2 is 2.37 bits per heavy atom. The van der Waals surface area contributed by atoms with Crippen LogP contribution in [0.4, 0.5) is 4.39 Å². The van der Waals surface area contributed by atoms with Gasteiger partial charge >= 0.3 is 0 Å². The third-order valence-corrected chi connectivity index (χ3v) is 3.43. The van der Waals surface area contributed by atoms with Crippen molar-refractivity contribution in [2.75, 3.05) is 13.7 Å². The van der Waals surface area contributed by atoms with Gasteiger partial charge in [0.25, 0.3) is 0 Å². The van der Waals surface area contributed by atoms with Crippen molar-refractivity contribution in [3.63, 3.8) is 0 Å². The van der Waals surface area contributed by atoms with E-state index in [4.69, 9.17) is 4.74 Å². The van der Waals surface area contributed by atoms with Gasteiger partial charge in [-0.15, -0.1) is 0 Å². The van der Waals surface area contributed by atoms with Crippen LogP contribution in [0.2, 0.25) is 0 Å². The Hall–Kier alpha value is -1.62. The molecule has 1 heterocycles. The molecule has 1 aliphatic rings. The molecule has 0 spiro atoms. The molecule has 19 heavy (non-hydrogen) atoms. The predicted molar refractivity (Wildman–Crippen MR) is 70.5 cm³/mol. The van der Waals surface area contributed by atoms with Crippen LogP contribution in [0.1, 0.15) is 31.4 Å². The summed E-state index contributed by atoms with van der Waals surface area (Å²) in [5.74, 6) is -0.00299. The summed E-state index contributed by atoms with van der Waals surface area (Å²) < 4.78 is 18.5. The van der Waals surface area contributed by atoms with Crippen molar-refractivity contribution in [3.8, 4) is 5.75 Å². The van der Waals surface area contributed by atoms with Crippen molar-refractivity contribution < 1.29 is 13.9 Å². The van der Waals surface area contributed by atoms with Gasteiger partial charge in [-0.25, -0.2) is 4.39 Å². The van der Waals surface area contributed by atoms with Crippen molar-refractivity contribution in [2.24, 2.45) is 0 Å². The zero-order valence-electron chi connectivity index (χ0n) is 11.2. The molecule has 0 aliphatic carbocycles. The molecular formula is C14H19FN2O2. The standard InChI is InChI=1S/C14H19FN2O2/c1-9(16-8-11-4-6-14(18)17-11)10-3-5-13(19-2)12(15)7-10/h3,5,7,9,11,16H,4,6,8H2,1-2H3,(H,17,18). The van der Waals surface area contributed by atoms with Gasteiger partial charge in [0.2, 0.25) is 5.91 Å². The monoisotopic (exact) mass is 266 g/mol. The third-order valence-electron chi connectivity index (χ3n) is 3.43. The number of carbonyl (C=O) groups excluding carboxylic acids is 1. The van der Waals surface area contributed by atoms with Crippen molar-refractivity contribution in [3.05, 3.63) is 29.6 Å². The Morgan fingerprint density at radius 3 is 2.95 bits per heavy atom. The minimum absolute atomic E-state index is 0.0258. The molecule has 0 bridgehead atoms. The molecule has 0 radical (unpaired) electrons. The second-order valence-electron chi connectivity index (χ2n) is 4.83. The lowest BCUT2D eigenvalue weighted by molar-refractivity contribution is -0.119. The average molecular weight is 266 g/mol. The fourth-order valence-electron chi connectivity index (χ4n) is 2.22. The summed E-state index contributed by atoms with van der Waals surface area (Å²) in [6.07, 6.45) is 1.45. The molecule has 2 atom stereocenters. The Bertz CT molecular complexity index is 465. The van der Waals surface area contributed by atoms with E-state index in [0.29, 0.717) is 13.0 Å². The van der Waals surface area contributed by atoms with Crippen molar-refractivity contribution in [1.82, 2.24) is 10.6 Å². The van der Waals surface area contributed by atoms with Gasteiger partial charge < -0.3 is 15.4 Å². The van der Waals surface area contributed by atoms with Gasteiger partial charge in [0.1, 0.15) is 0 Å². The SMILES string of the molecule is COc1ccc(C(C)NCC2CCC(=O)N2)cc1F. The molecule has 1 fully saturated rings. The number of hydrogen-bond donors (Lipinski definition) is 2. The van der Waals surface area contributed by atoms with Crippen LogP contribution in [0.15, 0.2) is 18.2 Å². The molecule has 1 saturated heterocycles. The minimum Gasteiger partial charge on any atom is -0.494 e. The molecule has 1 aliphatic heterocycles. The second-order valence-corrected chi connectivity index (χ2v) is 4.83. The third kappa shape index (κ3) is 3.44. The van der Waals surface area contributed by atoms with Crippen LogP contribution < -0.4 is 15.4 Å². The molecule has 0 aromatic heterocycles. The average Bonchev–Trinajstić information content (AvgIpc) is 2.81. The number of amides is 1. The molecule has 5 heteroatoms. The van der Waals surface area contributed by atoms with Crippen LogP contribution in [0, 0.1) is 5.82 Å². The van der Waals surface area contributed by atoms with E-state index in [-0.39, 0.29) is 29.6 Å². The van der Waals surface area contributed by atoms with Gasteiger partial charge in [0.05, 0.1) is 7.11 Å². The number of halogens is 1. The molecule has 4 nitrogen and oxygen atoms in total. The molecule has 2 rings (SSSR count). The maximum Gasteiger partial charge on any atom is 0.220 e. The van der Waals surface area contributed by atoms with Gasteiger partial charge in [0.15, 0.2) is 11.6 Å². The van der Waals surface area contributed by atoms with E-state index in [0.717, 1.165) is 12.0 Å². The minimum atomic E-state index is -0.359. The molecule has 104 valence electrons. The number of methoxy groups -OCH3 is 1. The van der Waals surface area contributed by atoms with E-state index in [1.807, 2.05) is 13.0 Å². The summed E-state index contributed by atoms with van der Waals surface area (Å²) in [5, 5.41) is 6.20. The van der Waals surface area contributed by atoms with E-state index in [1.165, 1.54) is 13.2 Å². The highest BCUT2D eigenvalue weighted by Gasteiger charge is 2.21. The first kappa shape index (κ1) is 13.8. The van der Waals surface area contributed by atoms with Crippen molar-refractivity contribution >= 4 is 5.91 Å². The van der Waals surface area contributed by atoms with Crippen LogP contribution in [0.5, 0.6) is 5.75 Å². The van der Waals surface area contributed by atoms with Crippen LogP contribution in [-0.2, 0) is 4.79 Å². The lowest BCUT2D eigenvalue weighted by atomic mass is 10.1. The van der Waals surface area contributed by atoms with E-state index in [9.17, 15) is 9.18 Å². The molecule has 2 unspecified atom stereocenters. The molecular weight excluding hydrogens is 247 g/mol. The highest BCUT2D eigenvalue weighted by Crippen LogP contribution is 2.21. The number of rotatable bonds is 5. The summed E-state index contributed by atoms with van der Waals surface area (Å²) in [4.78, 5) is 11.1. The van der Waals surface area contributed by atoms with Gasteiger partial charge in [-0.1, -0.05) is 6.07 Å². The zero-order valence-corrected chi connectivity index (χ0v) is 11.2. The first-order valence-electron chi connectivity index (χ1n) is 6.46. The highest BCUT2D eigenvalue weighted by atomic mass is 19.1. The summed E-state index contributed by atoms with van der Waals surface area (Å²) in [6.45, 7) is 2.67. The molecule has 0 saturated carbocycles. The summed E-state index contributed by atoms with van der Waals surface area (Å²) >= 11 is 0. The Labute approximate surface area is 112 Å². The number of nitrogens with one attached hydrogen (secondary N) is 2. The Kier molecular flexibility index (Phi) is 4.37. The largest absolute Gasteiger partial charge is 0.494 e. The fraction of sp³-hybridized carbons (Fsp3) is 0.500. The van der Waals surface area contributed by atoms with Gasteiger partial charge in [-0.05, 0) is 31.0 Å². The lowest BCUT2D eigenvalue weighted by Crippen LogP contribution is -2.36. The first-order valence-corrected chi connectivity index (χ1v) is 6.46. The number of carbonyl (C=O) groups is 1. The summed E-state index contributed by atoms with van der Waals surface area (Å²) in [6, 6.07) is 5.15. The van der Waals surface area contributed by atoms with E-state index >= 15 is 0 Å². The van der Waals surface area contributed by atoms with E-state index in [2.05, 4.69) is 10.6 Å². The zero-order chi connectivity index (χ0) is 13.8. The Morgan fingerprint density at radius 1 is 1.58 bits per heavy atom. The van der Waals surface area contributed by atoms with Gasteiger partial charge in [-0.2, -0.15) is 0 Å². The van der Waals surface area contributed by atoms with Crippen LogP contribution in [-0.4, -0.2) is 25.6 Å². The predicted octanol–water partition coefficient (Wildman–Crippen LogP) is 1.76. The van der Waals surface area contributed by atoms with Gasteiger partial charge in [-0.3, -0.25) is 4.79 Å². The first-order chi connectivity index (χ1) is 9.10. The van der Waals surface area contributed by atoms with Crippen molar-refractivity contribution in [1.29, 1.82) is 0 Å². The normalized spacial score (nSPS) is 20.2. The molecule has 2 N–H and O–H groups in total. The summed E-state index contributed by atoms with van der Waals surface area (Å²) in [5.41, 5.74) is 0.864. The number of ether oxygens (including phenoxy) is 1. The molecule has 1 amide bonds. The molecule has 1 aromatic rings. The smallest absolute Gasteiger partial charge is 0.220 e. The van der Waals surface area contributed by atoms with E-state index in [1.54, 1.807) is 6.07 Å². The second kappa shape index (κ2) is 6.02. The summed E-state index contributed by atoms with van der Waals surface area (Å²) in [7, 11) is 1.45. The maximum absolute atomic E-state index is 13.6. The van der Waals surface area contributed by atoms with Crippen LogP contribution >= 0.6 is 0 Å². The quantitative estimate of drug-likeness (QED) is 0.854. The highest BCUT2D eigenvalue weighted by molar-refractivity contribution is 5.78. The van der Waals surface area contributed by atoms with Gasteiger partial charge in [0, 0.05) is 25.0 Å². The van der Waals surface area contributed by atoms with Crippen LogP contribution in [0.25, 0.3) is 0 Å². The maximum atomic E-state index is 13.6. The Balaban J connectivity index is 1.90. The number of hydrogen-bond acceptors (Lipinski definition) is 3. The lowest BCUT2D eigenvalue weighted by Gasteiger charge is -2.18. The topological polar surface area (TPSA) is 50.4 Å². The molecule has 1 aromatic carbocycles. The fourth-order valence-corrected chi connectivity index (χ4v) is 2.22.